The van der Waals surface area contributed by atoms with Gasteiger partial charge in [-0.2, -0.15) is 13.2 Å². The van der Waals surface area contributed by atoms with Gasteiger partial charge in [0.05, 0.1) is 0 Å². The fraction of sp³-hybridized carbons (Fsp3) is 1.00. The Hall–Kier alpha value is -0.290. The molecule has 0 aromatic rings. The van der Waals surface area contributed by atoms with Crippen LogP contribution in [0.15, 0.2) is 0 Å². The van der Waals surface area contributed by atoms with Gasteiger partial charge in [0.25, 0.3) is 0 Å². The fourth-order valence-electron chi connectivity index (χ4n) is 2.16. The summed E-state index contributed by atoms with van der Waals surface area (Å²) in [6, 6.07) is -0.213. The van der Waals surface area contributed by atoms with Crippen molar-refractivity contribution in [3.8, 4) is 0 Å². The van der Waals surface area contributed by atoms with Gasteiger partial charge in [-0.05, 0) is 32.2 Å². The molecular formula is C10H17F3N2. The predicted molar refractivity (Wildman–Crippen MR) is 51.4 cm³/mol. The largest absolute Gasteiger partial charge is 0.460 e. The van der Waals surface area contributed by atoms with Crippen LogP contribution >= 0.6 is 0 Å². The van der Waals surface area contributed by atoms with E-state index < -0.39 is 6.30 Å². The van der Waals surface area contributed by atoms with Gasteiger partial charge in [-0.3, -0.25) is 0 Å². The summed E-state index contributed by atoms with van der Waals surface area (Å²) in [5.41, 5.74) is 0. The summed E-state index contributed by atoms with van der Waals surface area (Å²) in [4.78, 5) is 0.718. The van der Waals surface area contributed by atoms with Gasteiger partial charge in [0.1, 0.15) is 0 Å². The molecule has 1 heterocycles. The highest BCUT2D eigenvalue weighted by Crippen LogP contribution is 2.35. The van der Waals surface area contributed by atoms with Gasteiger partial charge in [0, 0.05) is 18.6 Å². The molecular weight excluding hydrogens is 205 g/mol. The molecule has 1 atom stereocenters. The van der Waals surface area contributed by atoms with E-state index in [0.717, 1.165) is 30.7 Å². The van der Waals surface area contributed by atoms with Crippen molar-refractivity contribution >= 4 is 0 Å². The summed E-state index contributed by atoms with van der Waals surface area (Å²) in [6.45, 7) is 0.995. The molecule has 88 valence electrons. The number of hydrogen-bond acceptors (Lipinski definition) is 2. The van der Waals surface area contributed by atoms with E-state index in [9.17, 15) is 13.2 Å². The minimum absolute atomic E-state index is 0.0287. The quantitative estimate of drug-likeness (QED) is 0.736. The van der Waals surface area contributed by atoms with Crippen LogP contribution in [0.5, 0.6) is 0 Å². The Morgan fingerprint density at radius 1 is 1.13 bits per heavy atom. The van der Waals surface area contributed by atoms with E-state index in [1.807, 2.05) is 0 Å². The maximum Gasteiger partial charge on any atom is 0.460 e. The Labute approximate surface area is 87.8 Å². The molecule has 0 spiro atoms. The van der Waals surface area contributed by atoms with E-state index in [2.05, 4.69) is 5.32 Å². The highest BCUT2D eigenvalue weighted by atomic mass is 19.4. The molecule has 5 heteroatoms. The lowest BCUT2D eigenvalue weighted by molar-refractivity contribution is -0.251. The van der Waals surface area contributed by atoms with Crippen LogP contribution in [0.25, 0.3) is 0 Å². The van der Waals surface area contributed by atoms with Crippen molar-refractivity contribution in [3.63, 3.8) is 0 Å². The van der Waals surface area contributed by atoms with Gasteiger partial charge >= 0.3 is 6.30 Å². The smallest absolute Gasteiger partial charge is 0.313 e. The summed E-state index contributed by atoms with van der Waals surface area (Å²) < 4.78 is 38.0. The number of nitrogens with zero attached hydrogens (tertiary/aromatic N) is 1. The second-order valence-corrected chi connectivity index (χ2v) is 4.50. The molecule has 2 fully saturated rings. The Morgan fingerprint density at radius 3 is 2.33 bits per heavy atom. The van der Waals surface area contributed by atoms with Crippen LogP contribution in [0.4, 0.5) is 13.2 Å². The minimum Gasteiger partial charge on any atom is -0.313 e. The van der Waals surface area contributed by atoms with Crippen molar-refractivity contribution in [1.82, 2.24) is 10.2 Å². The van der Waals surface area contributed by atoms with Crippen molar-refractivity contribution in [3.05, 3.63) is 0 Å². The Bertz CT molecular complexity index is 207. The van der Waals surface area contributed by atoms with Crippen LogP contribution in [0.2, 0.25) is 0 Å². The van der Waals surface area contributed by atoms with Gasteiger partial charge in [-0.15, -0.1) is 0 Å². The highest BCUT2D eigenvalue weighted by molar-refractivity contribution is 4.89. The monoisotopic (exact) mass is 222 g/mol. The lowest BCUT2D eigenvalue weighted by Gasteiger charge is -2.31. The van der Waals surface area contributed by atoms with E-state index >= 15 is 0 Å². The zero-order chi connectivity index (χ0) is 10.9. The van der Waals surface area contributed by atoms with Crippen molar-refractivity contribution < 1.29 is 13.2 Å². The third-order valence-electron chi connectivity index (χ3n) is 3.14. The molecule has 1 saturated heterocycles. The maximum absolute atomic E-state index is 12.7. The summed E-state index contributed by atoms with van der Waals surface area (Å²) in [5, 5.41) is 3.16. The molecule has 0 aromatic heterocycles. The average Bonchev–Trinajstić information content (AvgIpc) is 2.97. The fourth-order valence-corrected chi connectivity index (χ4v) is 2.16. The van der Waals surface area contributed by atoms with Gasteiger partial charge in [0.15, 0.2) is 0 Å². The van der Waals surface area contributed by atoms with E-state index in [4.69, 9.17) is 0 Å². The second kappa shape index (κ2) is 4.29. The lowest BCUT2D eigenvalue weighted by Crippen LogP contribution is -2.49. The number of rotatable bonds is 3. The van der Waals surface area contributed by atoms with Gasteiger partial charge in [-0.25, -0.2) is 4.90 Å². The average molecular weight is 222 g/mol. The molecule has 2 nitrogen and oxygen atoms in total. The lowest BCUT2D eigenvalue weighted by atomic mass is 10.0. The number of hydrogen-bond donors (Lipinski definition) is 1. The molecule has 0 aromatic carbocycles. The van der Waals surface area contributed by atoms with Crippen LogP contribution in [0, 0.1) is 0 Å². The third-order valence-corrected chi connectivity index (χ3v) is 3.14. The van der Waals surface area contributed by atoms with Gasteiger partial charge in [-0.1, -0.05) is 6.42 Å². The number of nitrogens with one attached hydrogen (secondary N) is 1. The standard InChI is InChI=1S/C10H17F3N2/c11-10(12,13)15(9-4-5-9)7-8-3-1-2-6-14-8/h8-9,14H,1-7H2/t8-/m0/s1. The first kappa shape index (κ1) is 11.2. The van der Waals surface area contributed by atoms with Crippen molar-refractivity contribution in [2.75, 3.05) is 13.1 Å². The van der Waals surface area contributed by atoms with Gasteiger partial charge in [0.2, 0.25) is 0 Å². The van der Waals surface area contributed by atoms with Crippen molar-refractivity contribution in [1.29, 1.82) is 0 Å². The zero-order valence-corrected chi connectivity index (χ0v) is 8.69. The highest BCUT2D eigenvalue weighted by Gasteiger charge is 2.46. The molecule has 1 N–H and O–H groups in total. The molecule has 1 aliphatic carbocycles. The SMILES string of the molecule is FC(F)(F)N(C[C@@H]1CCCCN1)C1CC1. The molecule has 1 saturated carbocycles. The summed E-state index contributed by atoms with van der Waals surface area (Å²) in [5.74, 6) is 0. The summed E-state index contributed by atoms with van der Waals surface area (Å²) in [6.07, 6.45) is 0.262. The molecule has 2 aliphatic rings. The summed E-state index contributed by atoms with van der Waals surface area (Å²) >= 11 is 0. The van der Waals surface area contributed by atoms with Crippen LogP contribution in [0.3, 0.4) is 0 Å². The first-order valence-electron chi connectivity index (χ1n) is 5.64. The zero-order valence-electron chi connectivity index (χ0n) is 8.69. The molecule has 0 amide bonds. The topological polar surface area (TPSA) is 15.3 Å². The second-order valence-electron chi connectivity index (χ2n) is 4.50. The van der Waals surface area contributed by atoms with Crippen LogP contribution < -0.4 is 5.32 Å². The van der Waals surface area contributed by atoms with E-state index in [1.54, 1.807) is 0 Å². The van der Waals surface area contributed by atoms with Crippen LogP contribution in [0.1, 0.15) is 32.1 Å². The van der Waals surface area contributed by atoms with Crippen LogP contribution in [-0.2, 0) is 0 Å². The normalized spacial score (nSPS) is 28.4. The molecule has 1 aliphatic heterocycles. The first-order valence-corrected chi connectivity index (χ1v) is 5.64. The first-order chi connectivity index (χ1) is 7.07. The molecule has 15 heavy (non-hydrogen) atoms. The van der Waals surface area contributed by atoms with Crippen molar-refractivity contribution in [2.24, 2.45) is 0 Å². The van der Waals surface area contributed by atoms with E-state index in [0.29, 0.717) is 12.8 Å². The van der Waals surface area contributed by atoms with E-state index in [-0.39, 0.29) is 18.6 Å². The number of piperidine rings is 1. The summed E-state index contributed by atoms with van der Waals surface area (Å²) in [7, 11) is 0. The molecule has 0 unspecified atom stereocenters. The predicted octanol–water partition coefficient (Wildman–Crippen LogP) is 2.11. The molecule has 0 bridgehead atoms. The number of alkyl halides is 3. The third kappa shape index (κ3) is 3.08. The Morgan fingerprint density at radius 2 is 1.87 bits per heavy atom. The van der Waals surface area contributed by atoms with Gasteiger partial charge < -0.3 is 5.32 Å². The maximum atomic E-state index is 12.7. The van der Waals surface area contributed by atoms with E-state index in [1.165, 1.54) is 0 Å². The number of halogens is 3. The molecule has 2 rings (SSSR count). The van der Waals surface area contributed by atoms with Crippen molar-refractivity contribution in [2.45, 2.75) is 50.5 Å². The van der Waals surface area contributed by atoms with Crippen LogP contribution in [-0.4, -0.2) is 36.4 Å². The Balaban J connectivity index is 1.88. The molecule has 0 radical (unpaired) electrons. The minimum atomic E-state index is -4.15. The Kier molecular flexibility index (Phi) is 3.21.